The van der Waals surface area contributed by atoms with E-state index in [9.17, 15) is 14.7 Å². The van der Waals surface area contributed by atoms with Crippen molar-refractivity contribution >= 4 is 12.0 Å². The molecule has 1 aromatic heterocycles. The number of nitrogens with zero attached hydrogens (tertiary/aromatic N) is 1. The summed E-state index contributed by atoms with van der Waals surface area (Å²) >= 11 is 0. The monoisotopic (exact) mass is 393 g/mol. The largest absolute Gasteiger partial charge is 0.444 e. The number of carbonyl (C=O) groups is 2. The summed E-state index contributed by atoms with van der Waals surface area (Å²) in [6.07, 6.45) is 1.19. The Labute approximate surface area is 168 Å². The number of alkyl carbamates (subject to hydrolysis) is 1. The number of rotatable bonds is 9. The van der Waals surface area contributed by atoms with Crippen LogP contribution in [0.4, 0.5) is 4.79 Å². The normalized spacial score (nSPS) is 14.9. The fourth-order valence-electron chi connectivity index (χ4n) is 2.73. The molecule has 0 saturated carbocycles. The van der Waals surface area contributed by atoms with Crippen molar-refractivity contribution in [3.63, 3.8) is 0 Å². The molecule has 3 atom stereocenters. The number of aromatic nitrogens is 1. The summed E-state index contributed by atoms with van der Waals surface area (Å²) in [7, 11) is 0. The van der Waals surface area contributed by atoms with Crippen LogP contribution in [0.15, 0.2) is 24.4 Å². The average molecular weight is 394 g/mol. The molecule has 0 fully saturated rings. The maximum Gasteiger partial charge on any atom is 0.407 e. The van der Waals surface area contributed by atoms with E-state index in [1.807, 2.05) is 32.0 Å². The number of aliphatic hydroxyl groups excluding tert-OH is 1. The lowest BCUT2D eigenvalue weighted by molar-refractivity contribution is -0.127. The van der Waals surface area contributed by atoms with Gasteiger partial charge in [0, 0.05) is 30.8 Å². The molecule has 1 rings (SSSR count). The zero-order chi connectivity index (χ0) is 21.3. The zero-order valence-electron chi connectivity index (χ0n) is 17.9. The first-order chi connectivity index (χ1) is 13.0. The fourth-order valence-corrected chi connectivity index (χ4v) is 2.73. The molecule has 0 spiro atoms. The van der Waals surface area contributed by atoms with Crippen LogP contribution < -0.4 is 10.6 Å². The van der Waals surface area contributed by atoms with E-state index in [4.69, 9.17) is 4.74 Å². The summed E-state index contributed by atoms with van der Waals surface area (Å²) in [5, 5.41) is 16.0. The van der Waals surface area contributed by atoms with Crippen LogP contribution >= 0.6 is 0 Å². The molecule has 2 amide bonds. The Morgan fingerprint density at radius 2 is 1.89 bits per heavy atom. The van der Waals surface area contributed by atoms with E-state index in [-0.39, 0.29) is 24.2 Å². The highest BCUT2D eigenvalue weighted by atomic mass is 16.6. The SMILES string of the molecule is CC(C)[C@H](C[C@H](O)[C@H](C)NC(=O)OC(C)(C)C)C(=O)NCCc1ccccn1. The van der Waals surface area contributed by atoms with E-state index in [1.54, 1.807) is 33.9 Å². The third-order valence-corrected chi connectivity index (χ3v) is 4.37. The predicted octanol–water partition coefficient (Wildman–Crippen LogP) is 2.68. The molecule has 0 radical (unpaired) electrons. The van der Waals surface area contributed by atoms with Crippen molar-refractivity contribution in [2.75, 3.05) is 6.54 Å². The number of amides is 2. The Kier molecular flexibility index (Phi) is 9.38. The van der Waals surface area contributed by atoms with Crippen LogP contribution in [-0.2, 0) is 16.0 Å². The quantitative estimate of drug-likeness (QED) is 0.599. The zero-order valence-corrected chi connectivity index (χ0v) is 17.9. The van der Waals surface area contributed by atoms with Gasteiger partial charge in [0.15, 0.2) is 0 Å². The molecule has 7 nitrogen and oxygen atoms in total. The Balaban J connectivity index is 2.52. The summed E-state index contributed by atoms with van der Waals surface area (Å²) in [6.45, 7) is 11.4. The summed E-state index contributed by atoms with van der Waals surface area (Å²) in [4.78, 5) is 28.7. The van der Waals surface area contributed by atoms with Crippen molar-refractivity contribution in [2.24, 2.45) is 11.8 Å². The number of hydrogen-bond acceptors (Lipinski definition) is 5. The standard InChI is InChI=1S/C21H35N3O4/c1-14(2)17(19(26)23-12-10-16-9-7-8-11-22-16)13-18(25)15(3)24-20(27)28-21(4,5)6/h7-9,11,14-15,17-18,25H,10,12-13H2,1-6H3,(H,23,26)(H,24,27)/t15-,17-,18-/m0/s1. The van der Waals surface area contributed by atoms with Crippen LogP contribution in [0.5, 0.6) is 0 Å². The van der Waals surface area contributed by atoms with Gasteiger partial charge in [-0.05, 0) is 52.2 Å². The number of ether oxygens (including phenoxy) is 1. The van der Waals surface area contributed by atoms with E-state index in [0.717, 1.165) is 5.69 Å². The van der Waals surface area contributed by atoms with Crippen molar-refractivity contribution in [1.82, 2.24) is 15.6 Å². The highest BCUT2D eigenvalue weighted by Crippen LogP contribution is 2.19. The highest BCUT2D eigenvalue weighted by Gasteiger charge is 2.29. The Morgan fingerprint density at radius 3 is 2.43 bits per heavy atom. The van der Waals surface area contributed by atoms with Gasteiger partial charge in [-0.3, -0.25) is 9.78 Å². The van der Waals surface area contributed by atoms with Crippen molar-refractivity contribution in [1.29, 1.82) is 0 Å². The molecule has 28 heavy (non-hydrogen) atoms. The van der Waals surface area contributed by atoms with Gasteiger partial charge in [-0.2, -0.15) is 0 Å². The summed E-state index contributed by atoms with van der Waals surface area (Å²) in [6, 6.07) is 5.15. The number of aliphatic hydroxyl groups is 1. The lowest BCUT2D eigenvalue weighted by Gasteiger charge is -2.27. The molecule has 7 heteroatoms. The van der Waals surface area contributed by atoms with Gasteiger partial charge in [-0.1, -0.05) is 19.9 Å². The van der Waals surface area contributed by atoms with Crippen LogP contribution in [-0.4, -0.2) is 46.4 Å². The molecule has 1 heterocycles. The third-order valence-electron chi connectivity index (χ3n) is 4.37. The Morgan fingerprint density at radius 1 is 1.21 bits per heavy atom. The molecule has 1 aromatic rings. The van der Waals surface area contributed by atoms with Crippen LogP contribution in [0.1, 0.15) is 53.7 Å². The molecule has 0 bridgehead atoms. The lowest BCUT2D eigenvalue weighted by atomic mass is 9.87. The van der Waals surface area contributed by atoms with Crippen molar-refractivity contribution in [3.05, 3.63) is 30.1 Å². The maximum atomic E-state index is 12.6. The van der Waals surface area contributed by atoms with Gasteiger partial charge >= 0.3 is 6.09 Å². The molecule has 158 valence electrons. The minimum Gasteiger partial charge on any atom is -0.444 e. The summed E-state index contributed by atoms with van der Waals surface area (Å²) < 4.78 is 5.21. The molecular formula is C21H35N3O4. The third kappa shape index (κ3) is 9.17. The first-order valence-electron chi connectivity index (χ1n) is 9.84. The number of carbonyl (C=O) groups excluding carboxylic acids is 2. The minimum atomic E-state index is -0.860. The van der Waals surface area contributed by atoms with Crippen LogP contribution in [0, 0.1) is 11.8 Å². The molecule has 3 N–H and O–H groups in total. The lowest BCUT2D eigenvalue weighted by Crippen LogP contribution is -2.46. The summed E-state index contributed by atoms with van der Waals surface area (Å²) in [5.74, 6) is -0.408. The van der Waals surface area contributed by atoms with Crippen molar-refractivity contribution < 1.29 is 19.4 Å². The van der Waals surface area contributed by atoms with Crippen molar-refractivity contribution in [3.8, 4) is 0 Å². The second kappa shape index (κ2) is 11.0. The van der Waals surface area contributed by atoms with Crippen LogP contribution in [0.3, 0.4) is 0 Å². The molecule has 0 unspecified atom stereocenters. The Bertz CT molecular complexity index is 614. The van der Waals surface area contributed by atoms with E-state index >= 15 is 0 Å². The molecule has 0 aromatic carbocycles. The van der Waals surface area contributed by atoms with Gasteiger partial charge < -0.3 is 20.5 Å². The molecule has 0 aliphatic rings. The van der Waals surface area contributed by atoms with E-state index in [1.165, 1.54) is 0 Å². The molecular weight excluding hydrogens is 358 g/mol. The van der Waals surface area contributed by atoms with Gasteiger partial charge in [-0.15, -0.1) is 0 Å². The van der Waals surface area contributed by atoms with Crippen LogP contribution in [0.25, 0.3) is 0 Å². The second-order valence-electron chi connectivity index (χ2n) is 8.45. The van der Waals surface area contributed by atoms with Crippen molar-refractivity contribution in [2.45, 2.75) is 72.1 Å². The molecule has 0 saturated heterocycles. The van der Waals surface area contributed by atoms with E-state index in [2.05, 4.69) is 15.6 Å². The van der Waals surface area contributed by atoms with Gasteiger partial charge in [0.1, 0.15) is 5.60 Å². The predicted molar refractivity (Wildman–Crippen MR) is 109 cm³/mol. The fraction of sp³-hybridized carbons (Fsp3) is 0.667. The van der Waals surface area contributed by atoms with Gasteiger partial charge in [0.2, 0.25) is 5.91 Å². The maximum absolute atomic E-state index is 12.6. The first kappa shape index (κ1) is 23.9. The van der Waals surface area contributed by atoms with Gasteiger partial charge in [-0.25, -0.2) is 4.79 Å². The Hall–Kier alpha value is -2.15. The number of hydrogen-bond donors (Lipinski definition) is 3. The van der Waals surface area contributed by atoms with E-state index < -0.39 is 23.8 Å². The number of nitrogens with one attached hydrogen (secondary N) is 2. The van der Waals surface area contributed by atoms with E-state index in [0.29, 0.717) is 13.0 Å². The molecule has 0 aliphatic heterocycles. The first-order valence-corrected chi connectivity index (χ1v) is 9.84. The highest BCUT2D eigenvalue weighted by molar-refractivity contribution is 5.79. The number of pyridine rings is 1. The molecule has 0 aliphatic carbocycles. The van der Waals surface area contributed by atoms with Crippen LogP contribution in [0.2, 0.25) is 0 Å². The average Bonchev–Trinajstić information content (AvgIpc) is 2.58. The van der Waals surface area contributed by atoms with Gasteiger partial charge in [0.05, 0.1) is 12.1 Å². The topological polar surface area (TPSA) is 101 Å². The van der Waals surface area contributed by atoms with Gasteiger partial charge in [0.25, 0.3) is 0 Å². The second-order valence-corrected chi connectivity index (χ2v) is 8.45. The minimum absolute atomic E-state index is 0.0539. The summed E-state index contributed by atoms with van der Waals surface area (Å²) in [5.41, 5.74) is 0.307. The smallest absolute Gasteiger partial charge is 0.407 e.